The normalized spacial score (nSPS) is 11.7. The van der Waals surface area contributed by atoms with Gasteiger partial charge in [-0.3, -0.25) is 0 Å². The number of rotatable bonds is 7. The van der Waals surface area contributed by atoms with Crippen LogP contribution >= 0.6 is 15.9 Å². The summed E-state index contributed by atoms with van der Waals surface area (Å²) >= 11 is 3.23. The molecule has 18 heavy (non-hydrogen) atoms. The minimum Gasteiger partial charge on any atom is -0.394 e. The Bertz CT molecular complexity index is 490. The van der Waals surface area contributed by atoms with Crippen LogP contribution in [0, 0.1) is 6.92 Å². The van der Waals surface area contributed by atoms with Gasteiger partial charge in [0.25, 0.3) is 0 Å². The van der Waals surface area contributed by atoms with Crippen LogP contribution in [0.5, 0.6) is 0 Å². The zero-order chi connectivity index (χ0) is 13.6. The number of hydrogen-bond acceptors (Lipinski definition) is 4. The van der Waals surface area contributed by atoms with Crippen LogP contribution < -0.4 is 4.72 Å². The van der Waals surface area contributed by atoms with Crippen LogP contribution in [-0.2, 0) is 14.8 Å². The Morgan fingerprint density at radius 1 is 1.39 bits per heavy atom. The molecule has 0 atom stereocenters. The zero-order valence-corrected chi connectivity index (χ0v) is 12.4. The maximum absolute atomic E-state index is 12.0. The summed E-state index contributed by atoms with van der Waals surface area (Å²) in [6.45, 7) is 2.41. The third kappa shape index (κ3) is 4.66. The van der Waals surface area contributed by atoms with Gasteiger partial charge in [-0.1, -0.05) is 6.07 Å². The van der Waals surface area contributed by atoms with Gasteiger partial charge in [-0.05, 0) is 40.5 Å². The van der Waals surface area contributed by atoms with Gasteiger partial charge in [-0.2, -0.15) is 0 Å². The molecule has 0 radical (unpaired) electrons. The maximum Gasteiger partial charge on any atom is 0.241 e. The predicted octanol–water partition coefficient (Wildman–Crippen LogP) is 1.04. The average molecular weight is 338 g/mol. The lowest BCUT2D eigenvalue weighted by atomic mass is 10.2. The lowest BCUT2D eigenvalue weighted by molar-refractivity contribution is 0.0961. The monoisotopic (exact) mass is 337 g/mol. The minimum atomic E-state index is -3.53. The fourth-order valence-electron chi connectivity index (χ4n) is 1.32. The van der Waals surface area contributed by atoms with Gasteiger partial charge in [0.15, 0.2) is 0 Å². The molecule has 0 spiro atoms. The summed E-state index contributed by atoms with van der Waals surface area (Å²) < 4.78 is 31.8. The molecule has 1 rings (SSSR count). The van der Waals surface area contributed by atoms with E-state index in [1.54, 1.807) is 18.2 Å². The van der Waals surface area contributed by atoms with E-state index in [-0.39, 0.29) is 31.3 Å². The summed E-state index contributed by atoms with van der Waals surface area (Å²) in [6.07, 6.45) is 0. The van der Waals surface area contributed by atoms with Crippen LogP contribution in [0.3, 0.4) is 0 Å². The quantitative estimate of drug-likeness (QED) is 0.729. The van der Waals surface area contributed by atoms with Gasteiger partial charge in [0.05, 0.1) is 24.7 Å². The summed E-state index contributed by atoms with van der Waals surface area (Å²) in [5.74, 6) is 0. The molecular weight excluding hydrogens is 322 g/mol. The molecule has 0 aliphatic rings. The average Bonchev–Trinajstić information content (AvgIpc) is 2.28. The summed E-state index contributed by atoms with van der Waals surface area (Å²) in [5, 5.41) is 8.50. The van der Waals surface area contributed by atoms with Crippen molar-refractivity contribution in [2.45, 2.75) is 11.8 Å². The van der Waals surface area contributed by atoms with E-state index in [0.717, 1.165) is 5.56 Å². The van der Waals surface area contributed by atoms with Crippen molar-refractivity contribution in [2.24, 2.45) is 0 Å². The van der Waals surface area contributed by atoms with Crippen molar-refractivity contribution in [3.63, 3.8) is 0 Å². The first-order valence-corrected chi connectivity index (χ1v) is 7.69. The SMILES string of the molecule is Cc1ccc(S(=O)(=O)NCCOCCO)c(Br)c1. The highest BCUT2D eigenvalue weighted by Crippen LogP contribution is 2.22. The van der Waals surface area contributed by atoms with Crippen molar-refractivity contribution >= 4 is 26.0 Å². The predicted molar refractivity (Wildman–Crippen MR) is 72.0 cm³/mol. The first kappa shape index (κ1) is 15.6. The van der Waals surface area contributed by atoms with E-state index in [9.17, 15) is 8.42 Å². The summed E-state index contributed by atoms with van der Waals surface area (Å²) in [5.41, 5.74) is 0.979. The van der Waals surface area contributed by atoms with Crippen LogP contribution in [0.2, 0.25) is 0 Å². The molecule has 0 aliphatic carbocycles. The van der Waals surface area contributed by atoms with Gasteiger partial charge in [0, 0.05) is 11.0 Å². The highest BCUT2D eigenvalue weighted by molar-refractivity contribution is 9.10. The number of aliphatic hydroxyl groups excluding tert-OH is 1. The number of hydrogen-bond donors (Lipinski definition) is 2. The molecule has 0 heterocycles. The number of ether oxygens (including phenoxy) is 1. The van der Waals surface area contributed by atoms with Crippen molar-refractivity contribution < 1.29 is 18.3 Å². The Morgan fingerprint density at radius 3 is 2.72 bits per heavy atom. The number of benzene rings is 1. The van der Waals surface area contributed by atoms with E-state index in [1.165, 1.54) is 0 Å². The zero-order valence-electron chi connectivity index (χ0n) is 10.0. The van der Waals surface area contributed by atoms with E-state index in [4.69, 9.17) is 9.84 Å². The molecule has 0 amide bonds. The van der Waals surface area contributed by atoms with E-state index < -0.39 is 10.0 Å². The maximum atomic E-state index is 12.0. The van der Waals surface area contributed by atoms with Gasteiger partial charge in [0.1, 0.15) is 0 Å². The van der Waals surface area contributed by atoms with Crippen molar-refractivity contribution in [2.75, 3.05) is 26.4 Å². The molecule has 0 unspecified atom stereocenters. The smallest absolute Gasteiger partial charge is 0.241 e. The second kappa shape index (κ2) is 7.20. The fraction of sp³-hybridized carbons (Fsp3) is 0.455. The molecule has 1 aromatic carbocycles. The first-order valence-electron chi connectivity index (χ1n) is 5.42. The molecule has 1 aromatic rings. The lowest BCUT2D eigenvalue weighted by Crippen LogP contribution is -2.28. The van der Waals surface area contributed by atoms with Crippen LogP contribution in [0.15, 0.2) is 27.6 Å². The van der Waals surface area contributed by atoms with E-state index in [1.807, 2.05) is 6.92 Å². The van der Waals surface area contributed by atoms with Gasteiger partial charge in [-0.15, -0.1) is 0 Å². The summed E-state index contributed by atoms with van der Waals surface area (Å²) in [6, 6.07) is 5.04. The molecule has 102 valence electrons. The number of nitrogens with one attached hydrogen (secondary N) is 1. The van der Waals surface area contributed by atoms with Gasteiger partial charge in [0.2, 0.25) is 10.0 Å². The highest BCUT2D eigenvalue weighted by atomic mass is 79.9. The Kier molecular flexibility index (Phi) is 6.24. The second-order valence-corrected chi connectivity index (χ2v) is 6.26. The third-order valence-electron chi connectivity index (χ3n) is 2.15. The van der Waals surface area contributed by atoms with Crippen LogP contribution in [-0.4, -0.2) is 39.9 Å². The molecule has 0 saturated heterocycles. The Morgan fingerprint density at radius 2 is 2.11 bits per heavy atom. The van der Waals surface area contributed by atoms with Crippen LogP contribution in [0.1, 0.15) is 5.56 Å². The molecule has 0 bridgehead atoms. The van der Waals surface area contributed by atoms with Crippen LogP contribution in [0.4, 0.5) is 0 Å². The number of aliphatic hydroxyl groups is 1. The second-order valence-electron chi connectivity index (χ2n) is 3.67. The van der Waals surface area contributed by atoms with Crippen molar-refractivity contribution in [1.82, 2.24) is 4.72 Å². The van der Waals surface area contributed by atoms with Gasteiger partial charge >= 0.3 is 0 Å². The molecule has 0 fully saturated rings. The standard InChI is InChI=1S/C11H16BrNO4S/c1-9-2-3-11(10(12)8-9)18(15,16)13-4-6-17-7-5-14/h2-3,8,13-14H,4-7H2,1H3. The summed E-state index contributed by atoms with van der Waals surface area (Å²) in [7, 11) is -3.53. The Hall–Kier alpha value is -0.470. The molecular formula is C11H16BrNO4S. The van der Waals surface area contributed by atoms with Gasteiger partial charge < -0.3 is 9.84 Å². The molecule has 0 aliphatic heterocycles. The minimum absolute atomic E-state index is 0.0732. The van der Waals surface area contributed by atoms with E-state index in [2.05, 4.69) is 20.7 Å². The fourth-order valence-corrected chi connectivity index (χ4v) is 3.52. The number of sulfonamides is 1. The molecule has 7 heteroatoms. The summed E-state index contributed by atoms with van der Waals surface area (Å²) in [4.78, 5) is 0.204. The Balaban J connectivity index is 2.63. The van der Waals surface area contributed by atoms with E-state index >= 15 is 0 Å². The van der Waals surface area contributed by atoms with E-state index in [0.29, 0.717) is 4.47 Å². The first-order chi connectivity index (χ1) is 8.47. The van der Waals surface area contributed by atoms with Crippen LogP contribution in [0.25, 0.3) is 0 Å². The Labute approximate surface area is 115 Å². The highest BCUT2D eigenvalue weighted by Gasteiger charge is 2.16. The molecule has 0 aromatic heterocycles. The third-order valence-corrected chi connectivity index (χ3v) is 4.59. The van der Waals surface area contributed by atoms with Crippen molar-refractivity contribution in [1.29, 1.82) is 0 Å². The topological polar surface area (TPSA) is 75.6 Å². The molecule has 2 N–H and O–H groups in total. The van der Waals surface area contributed by atoms with Crippen molar-refractivity contribution in [3.05, 3.63) is 28.2 Å². The van der Waals surface area contributed by atoms with Crippen molar-refractivity contribution in [3.8, 4) is 0 Å². The lowest BCUT2D eigenvalue weighted by Gasteiger charge is -2.09. The molecule has 0 saturated carbocycles. The largest absolute Gasteiger partial charge is 0.394 e. The number of aryl methyl sites for hydroxylation is 1. The number of halogens is 1. The molecule has 5 nitrogen and oxygen atoms in total. The van der Waals surface area contributed by atoms with Gasteiger partial charge in [-0.25, -0.2) is 13.1 Å².